The number of hydrogen-bond acceptors (Lipinski definition) is 3. The lowest BCUT2D eigenvalue weighted by Gasteiger charge is -2.08. The molecule has 16 heavy (non-hydrogen) atoms. The fourth-order valence-corrected chi connectivity index (χ4v) is 1.30. The van der Waals surface area contributed by atoms with Crippen molar-refractivity contribution < 1.29 is 8.78 Å². The molecule has 3 nitrogen and oxygen atoms in total. The van der Waals surface area contributed by atoms with Gasteiger partial charge in [0.1, 0.15) is 17.5 Å². The molecule has 0 bridgehead atoms. The first-order valence-corrected chi connectivity index (χ1v) is 4.59. The van der Waals surface area contributed by atoms with E-state index in [9.17, 15) is 8.78 Å². The van der Waals surface area contributed by atoms with Gasteiger partial charge >= 0.3 is 0 Å². The highest BCUT2D eigenvalue weighted by atomic mass is 19.1. The third-order valence-corrected chi connectivity index (χ3v) is 1.98. The van der Waals surface area contributed by atoms with Crippen molar-refractivity contribution in [2.24, 2.45) is 0 Å². The highest BCUT2D eigenvalue weighted by molar-refractivity contribution is 5.69. The molecule has 3 N–H and O–H groups in total. The van der Waals surface area contributed by atoms with Crippen LogP contribution in [0, 0.1) is 11.6 Å². The predicted molar refractivity (Wildman–Crippen MR) is 58.3 cm³/mol. The van der Waals surface area contributed by atoms with Crippen molar-refractivity contribution in [2.75, 3.05) is 11.1 Å². The first-order valence-electron chi connectivity index (χ1n) is 4.59. The average Bonchev–Trinajstić information content (AvgIpc) is 2.20. The standard InChI is InChI=1S/C11H9F2N3/c12-7-4-8(13)6-9(5-7)16-10-2-1-3-15-11(10)14/h1-6,16H,(H2,14,15). The summed E-state index contributed by atoms with van der Waals surface area (Å²) in [5, 5.41) is 2.79. The fourth-order valence-electron chi connectivity index (χ4n) is 1.30. The van der Waals surface area contributed by atoms with E-state index in [0.717, 1.165) is 6.07 Å². The quantitative estimate of drug-likeness (QED) is 0.819. The number of anilines is 3. The molecule has 0 aliphatic heterocycles. The van der Waals surface area contributed by atoms with Crippen LogP contribution in [0.15, 0.2) is 36.5 Å². The van der Waals surface area contributed by atoms with E-state index in [1.807, 2.05) is 0 Å². The fraction of sp³-hybridized carbons (Fsp3) is 0. The van der Waals surface area contributed by atoms with Gasteiger partial charge in [-0.1, -0.05) is 0 Å². The Morgan fingerprint density at radius 1 is 1.12 bits per heavy atom. The highest BCUT2D eigenvalue weighted by Gasteiger charge is 2.03. The van der Waals surface area contributed by atoms with Crippen molar-refractivity contribution >= 4 is 17.2 Å². The molecule has 0 spiro atoms. The minimum atomic E-state index is -0.648. The number of rotatable bonds is 2. The molecule has 0 saturated carbocycles. The van der Waals surface area contributed by atoms with E-state index < -0.39 is 11.6 Å². The Kier molecular flexibility index (Phi) is 2.68. The van der Waals surface area contributed by atoms with Crippen LogP contribution in [-0.4, -0.2) is 4.98 Å². The maximum atomic E-state index is 12.9. The summed E-state index contributed by atoms with van der Waals surface area (Å²) in [5.74, 6) is -1.03. The Hall–Kier alpha value is -2.17. The molecule has 1 aromatic carbocycles. The van der Waals surface area contributed by atoms with E-state index in [1.165, 1.54) is 18.3 Å². The first kappa shape index (κ1) is 10.4. The van der Waals surface area contributed by atoms with Gasteiger partial charge in [0, 0.05) is 18.0 Å². The number of benzene rings is 1. The molecule has 0 unspecified atom stereocenters. The number of hydrogen-bond donors (Lipinski definition) is 2. The summed E-state index contributed by atoms with van der Waals surface area (Å²) < 4.78 is 25.8. The Morgan fingerprint density at radius 2 is 1.81 bits per heavy atom. The zero-order valence-electron chi connectivity index (χ0n) is 8.24. The van der Waals surface area contributed by atoms with Crippen LogP contribution in [0.4, 0.5) is 26.0 Å². The normalized spacial score (nSPS) is 10.1. The monoisotopic (exact) mass is 221 g/mol. The molecule has 0 amide bonds. The zero-order valence-corrected chi connectivity index (χ0v) is 8.24. The smallest absolute Gasteiger partial charge is 0.147 e. The third-order valence-electron chi connectivity index (χ3n) is 1.98. The topological polar surface area (TPSA) is 50.9 Å². The maximum Gasteiger partial charge on any atom is 0.147 e. The van der Waals surface area contributed by atoms with Crippen LogP contribution < -0.4 is 11.1 Å². The van der Waals surface area contributed by atoms with Crippen LogP contribution >= 0.6 is 0 Å². The number of aromatic nitrogens is 1. The maximum absolute atomic E-state index is 12.9. The molecule has 1 aromatic heterocycles. The summed E-state index contributed by atoms with van der Waals surface area (Å²) in [5.41, 5.74) is 6.38. The third kappa shape index (κ3) is 2.25. The largest absolute Gasteiger partial charge is 0.382 e. The van der Waals surface area contributed by atoms with E-state index in [1.54, 1.807) is 12.1 Å². The molecule has 0 atom stereocenters. The number of pyridine rings is 1. The van der Waals surface area contributed by atoms with Crippen LogP contribution in [0.5, 0.6) is 0 Å². The van der Waals surface area contributed by atoms with Gasteiger partial charge in [0.05, 0.1) is 5.69 Å². The van der Waals surface area contributed by atoms with Crippen LogP contribution in [-0.2, 0) is 0 Å². The number of nitrogens with zero attached hydrogens (tertiary/aromatic N) is 1. The molecule has 82 valence electrons. The number of nitrogens with one attached hydrogen (secondary N) is 1. The lowest BCUT2D eigenvalue weighted by molar-refractivity contribution is 0.584. The number of nitrogens with two attached hydrogens (primary N) is 1. The summed E-state index contributed by atoms with van der Waals surface area (Å²) >= 11 is 0. The van der Waals surface area contributed by atoms with Gasteiger partial charge in [-0.05, 0) is 24.3 Å². The van der Waals surface area contributed by atoms with E-state index in [-0.39, 0.29) is 11.5 Å². The van der Waals surface area contributed by atoms with Crippen molar-refractivity contribution in [1.82, 2.24) is 4.98 Å². The van der Waals surface area contributed by atoms with Crippen molar-refractivity contribution in [3.63, 3.8) is 0 Å². The molecule has 5 heteroatoms. The lowest BCUT2D eigenvalue weighted by Crippen LogP contribution is -1.98. The van der Waals surface area contributed by atoms with Crippen molar-refractivity contribution in [1.29, 1.82) is 0 Å². The van der Waals surface area contributed by atoms with Gasteiger partial charge in [-0.25, -0.2) is 13.8 Å². The summed E-state index contributed by atoms with van der Waals surface area (Å²) in [6.07, 6.45) is 1.53. The minimum Gasteiger partial charge on any atom is -0.382 e. The summed E-state index contributed by atoms with van der Waals surface area (Å²) in [6.45, 7) is 0. The summed E-state index contributed by atoms with van der Waals surface area (Å²) in [4.78, 5) is 3.85. The molecule has 0 radical (unpaired) electrons. The molecular weight excluding hydrogens is 212 g/mol. The van der Waals surface area contributed by atoms with E-state index in [4.69, 9.17) is 5.73 Å². The van der Waals surface area contributed by atoms with Gasteiger partial charge in [0.25, 0.3) is 0 Å². The Morgan fingerprint density at radius 3 is 2.44 bits per heavy atom. The second-order valence-electron chi connectivity index (χ2n) is 3.22. The van der Waals surface area contributed by atoms with Gasteiger partial charge in [-0.2, -0.15) is 0 Å². The van der Waals surface area contributed by atoms with Gasteiger partial charge in [0.15, 0.2) is 0 Å². The van der Waals surface area contributed by atoms with Gasteiger partial charge in [-0.3, -0.25) is 0 Å². The lowest BCUT2D eigenvalue weighted by atomic mass is 10.3. The van der Waals surface area contributed by atoms with Crippen LogP contribution in [0.25, 0.3) is 0 Å². The molecule has 2 rings (SSSR count). The summed E-state index contributed by atoms with van der Waals surface area (Å²) in [6, 6.07) is 6.50. The Labute approximate surface area is 90.9 Å². The molecule has 0 aliphatic carbocycles. The molecule has 0 fully saturated rings. The van der Waals surface area contributed by atoms with E-state index >= 15 is 0 Å². The number of nitrogen functional groups attached to an aromatic ring is 1. The second-order valence-corrected chi connectivity index (χ2v) is 3.22. The van der Waals surface area contributed by atoms with Crippen molar-refractivity contribution in [2.45, 2.75) is 0 Å². The van der Waals surface area contributed by atoms with Crippen LogP contribution in [0.1, 0.15) is 0 Å². The predicted octanol–water partition coefficient (Wildman–Crippen LogP) is 2.69. The second kappa shape index (κ2) is 4.14. The average molecular weight is 221 g/mol. The van der Waals surface area contributed by atoms with Crippen molar-refractivity contribution in [3.05, 3.63) is 48.2 Å². The SMILES string of the molecule is Nc1ncccc1Nc1cc(F)cc(F)c1. The highest BCUT2D eigenvalue weighted by Crippen LogP contribution is 2.21. The number of halogens is 2. The Bertz CT molecular complexity index is 494. The van der Waals surface area contributed by atoms with Crippen LogP contribution in [0.2, 0.25) is 0 Å². The van der Waals surface area contributed by atoms with E-state index in [0.29, 0.717) is 5.69 Å². The summed E-state index contributed by atoms with van der Waals surface area (Å²) in [7, 11) is 0. The zero-order chi connectivity index (χ0) is 11.5. The molecule has 0 aliphatic rings. The molecule has 1 heterocycles. The van der Waals surface area contributed by atoms with Gasteiger partial charge in [0.2, 0.25) is 0 Å². The first-order chi connectivity index (χ1) is 7.65. The van der Waals surface area contributed by atoms with Crippen LogP contribution in [0.3, 0.4) is 0 Å². The molecule has 2 aromatic rings. The molecular formula is C11H9F2N3. The van der Waals surface area contributed by atoms with Crippen molar-refractivity contribution in [3.8, 4) is 0 Å². The van der Waals surface area contributed by atoms with Gasteiger partial charge in [-0.15, -0.1) is 0 Å². The Balaban J connectivity index is 2.30. The minimum absolute atomic E-state index is 0.271. The van der Waals surface area contributed by atoms with E-state index in [2.05, 4.69) is 10.3 Å². The van der Waals surface area contributed by atoms with Gasteiger partial charge < -0.3 is 11.1 Å². The molecule has 0 saturated heterocycles.